The second kappa shape index (κ2) is 7.11. The first-order valence-corrected chi connectivity index (χ1v) is 12.7. The molecule has 0 aliphatic carbocycles. The Morgan fingerprint density at radius 1 is 0.542 bits per heavy atom. The molecule has 0 bridgehead atoms. The molecule has 24 heavy (non-hydrogen) atoms. The van der Waals surface area contributed by atoms with Crippen LogP contribution in [0.4, 0.5) is 0 Å². The zero-order valence-corrected chi connectivity index (χ0v) is 16.8. The van der Waals surface area contributed by atoms with Crippen molar-refractivity contribution in [1.29, 1.82) is 0 Å². The van der Waals surface area contributed by atoms with E-state index >= 15 is 0 Å². The summed E-state index contributed by atoms with van der Waals surface area (Å²) in [6, 6.07) is 32.3. The third kappa shape index (κ3) is 3.57. The second-order valence-corrected chi connectivity index (χ2v) is 14.4. The zero-order valence-electron chi connectivity index (χ0n) is 14.5. The van der Waals surface area contributed by atoms with E-state index in [0.29, 0.717) is 0 Å². The third-order valence-corrected chi connectivity index (χ3v) is 13.8. The molecule has 0 N–H and O–H groups in total. The SMILES string of the molecule is CC(C)(C)O[Te](c1ccccc1)(c1ccccc1)c1ccccc1. The fourth-order valence-electron chi connectivity index (χ4n) is 2.76. The van der Waals surface area contributed by atoms with Gasteiger partial charge in [-0.3, -0.25) is 0 Å². The van der Waals surface area contributed by atoms with Crippen molar-refractivity contribution in [2.75, 3.05) is 0 Å². The molecule has 0 radical (unpaired) electrons. The average Bonchev–Trinajstić information content (AvgIpc) is 2.61. The molecule has 0 unspecified atom stereocenters. The fourth-order valence-corrected chi connectivity index (χ4v) is 12.7. The Labute approximate surface area is 149 Å². The van der Waals surface area contributed by atoms with Crippen LogP contribution in [0.2, 0.25) is 0 Å². The molecule has 0 heterocycles. The van der Waals surface area contributed by atoms with Gasteiger partial charge in [-0.15, -0.1) is 0 Å². The topological polar surface area (TPSA) is 9.23 Å². The Hall–Kier alpha value is -1.59. The zero-order chi connectivity index (χ0) is 17.0. The summed E-state index contributed by atoms with van der Waals surface area (Å²) in [5, 5.41) is 0. The molecule has 0 fully saturated rings. The minimum absolute atomic E-state index is 0.220. The van der Waals surface area contributed by atoms with Gasteiger partial charge in [0, 0.05) is 0 Å². The summed E-state index contributed by atoms with van der Waals surface area (Å²) < 4.78 is 11.0. The minimum atomic E-state index is -3.27. The molecule has 0 aliphatic rings. The molecule has 0 aliphatic heterocycles. The molecular formula is C22H24OTe. The molecule has 0 amide bonds. The maximum atomic E-state index is 6.97. The summed E-state index contributed by atoms with van der Waals surface area (Å²) in [4.78, 5) is 0. The van der Waals surface area contributed by atoms with Crippen molar-refractivity contribution in [3.63, 3.8) is 0 Å². The number of rotatable bonds is 4. The van der Waals surface area contributed by atoms with Crippen molar-refractivity contribution in [3.05, 3.63) is 91.0 Å². The third-order valence-electron chi connectivity index (χ3n) is 3.60. The predicted octanol–water partition coefficient (Wildman–Crippen LogP) is 3.47. The van der Waals surface area contributed by atoms with E-state index in [9.17, 15) is 0 Å². The molecule has 3 aromatic carbocycles. The molecular weight excluding hydrogens is 408 g/mol. The Morgan fingerprint density at radius 2 is 0.833 bits per heavy atom. The predicted molar refractivity (Wildman–Crippen MR) is 105 cm³/mol. The van der Waals surface area contributed by atoms with Crippen molar-refractivity contribution in [2.24, 2.45) is 0 Å². The standard InChI is InChI=1S/C22H24OTe/c1-22(2,3)23-24(19-13-7-4-8-14-19,20-15-9-5-10-16-20)21-17-11-6-12-18-21/h4-18H,1-3H3. The monoisotopic (exact) mass is 434 g/mol. The van der Waals surface area contributed by atoms with E-state index in [1.165, 1.54) is 10.8 Å². The van der Waals surface area contributed by atoms with Gasteiger partial charge in [-0.1, -0.05) is 0 Å². The summed E-state index contributed by atoms with van der Waals surface area (Å²) in [5.41, 5.74) is -0.220. The molecule has 0 atom stereocenters. The van der Waals surface area contributed by atoms with Crippen LogP contribution in [0.3, 0.4) is 0 Å². The normalized spacial score (nSPS) is 12.8. The Morgan fingerprint density at radius 3 is 1.08 bits per heavy atom. The molecule has 0 saturated carbocycles. The quantitative estimate of drug-likeness (QED) is 0.575. The first-order valence-electron chi connectivity index (χ1n) is 8.22. The van der Waals surface area contributed by atoms with E-state index in [-0.39, 0.29) is 5.60 Å². The Balaban J connectivity index is 2.33. The summed E-state index contributed by atoms with van der Waals surface area (Å²) >= 11 is -3.27. The van der Waals surface area contributed by atoms with Gasteiger partial charge >= 0.3 is 150 Å². The Bertz CT molecular complexity index is 665. The molecule has 1 nitrogen and oxygen atoms in total. The molecule has 3 rings (SSSR count). The first-order chi connectivity index (χ1) is 11.5. The van der Waals surface area contributed by atoms with Crippen molar-refractivity contribution < 1.29 is 3.10 Å². The molecule has 2 heteroatoms. The van der Waals surface area contributed by atoms with E-state index in [0.717, 1.165) is 0 Å². The maximum absolute atomic E-state index is 6.97. The van der Waals surface area contributed by atoms with Gasteiger partial charge in [0.05, 0.1) is 0 Å². The first kappa shape index (κ1) is 17.2. The summed E-state index contributed by atoms with van der Waals surface area (Å²) in [6.45, 7) is 6.47. The van der Waals surface area contributed by atoms with Crippen LogP contribution in [-0.4, -0.2) is 24.2 Å². The van der Waals surface area contributed by atoms with Crippen LogP contribution in [0.5, 0.6) is 0 Å². The van der Waals surface area contributed by atoms with Crippen LogP contribution >= 0.6 is 0 Å². The molecule has 124 valence electrons. The van der Waals surface area contributed by atoms with Crippen molar-refractivity contribution >= 4 is 29.4 Å². The van der Waals surface area contributed by atoms with E-state index in [1.54, 1.807) is 0 Å². The van der Waals surface area contributed by atoms with Gasteiger partial charge in [-0.05, 0) is 0 Å². The summed E-state index contributed by atoms with van der Waals surface area (Å²) in [5.74, 6) is 0. The van der Waals surface area contributed by atoms with Crippen LogP contribution < -0.4 is 10.8 Å². The number of hydrogen-bond acceptors (Lipinski definition) is 1. The van der Waals surface area contributed by atoms with Crippen molar-refractivity contribution in [2.45, 2.75) is 26.4 Å². The fraction of sp³-hybridized carbons (Fsp3) is 0.182. The molecule has 3 aromatic rings. The molecule has 0 aromatic heterocycles. The molecule has 0 saturated heterocycles. The van der Waals surface area contributed by atoms with Crippen LogP contribution in [0.25, 0.3) is 0 Å². The van der Waals surface area contributed by atoms with E-state index < -0.39 is 18.6 Å². The van der Waals surface area contributed by atoms with Crippen LogP contribution in [0, 0.1) is 0 Å². The Kier molecular flexibility index (Phi) is 5.11. The number of benzene rings is 3. The van der Waals surface area contributed by atoms with Gasteiger partial charge < -0.3 is 0 Å². The summed E-state index contributed by atoms with van der Waals surface area (Å²) in [7, 11) is 0. The van der Waals surface area contributed by atoms with Crippen LogP contribution in [-0.2, 0) is 3.10 Å². The second-order valence-electron chi connectivity index (χ2n) is 6.69. The summed E-state index contributed by atoms with van der Waals surface area (Å²) in [6.07, 6.45) is 0. The van der Waals surface area contributed by atoms with Gasteiger partial charge in [0.1, 0.15) is 0 Å². The van der Waals surface area contributed by atoms with Crippen LogP contribution in [0.15, 0.2) is 91.0 Å². The molecule has 0 spiro atoms. The van der Waals surface area contributed by atoms with Crippen molar-refractivity contribution in [3.8, 4) is 0 Å². The van der Waals surface area contributed by atoms with Crippen LogP contribution in [0.1, 0.15) is 20.8 Å². The van der Waals surface area contributed by atoms with Gasteiger partial charge in [-0.2, -0.15) is 0 Å². The van der Waals surface area contributed by atoms with Gasteiger partial charge in [0.2, 0.25) is 0 Å². The van der Waals surface area contributed by atoms with Crippen molar-refractivity contribution in [1.82, 2.24) is 0 Å². The van der Waals surface area contributed by atoms with Gasteiger partial charge in [0.15, 0.2) is 0 Å². The number of hydrogen-bond donors (Lipinski definition) is 0. The van der Waals surface area contributed by atoms with E-state index in [4.69, 9.17) is 3.10 Å². The average molecular weight is 432 g/mol. The van der Waals surface area contributed by atoms with E-state index in [2.05, 4.69) is 112 Å². The van der Waals surface area contributed by atoms with E-state index in [1.807, 2.05) is 0 Å². The van der Waals surface area contributed by atoms with Gasteiger partial charge in [0.25, 0.3) is 0 Å². The van der Waals surface area contributed by atoms with Gasteiger partial charge in [-0.25, -0.2) is 0 Å².